The lowest BCUT2D eigenvalue weighted by atomic mass is 9.93. The van der Waals surface area contributed by atoms with Crippen molar-refractivity contribution in [3.8, 4) is 5.75 Å². The van der Waals surface area contributed by atoms with Gasteiger partial charge in [0.1, 0.15) is 5.75 Å². The van der Waals surface area contributed by atoms with Crippen LogP contribution < -0.4 is 16.2 Å². The van der Waals surface area contributed by atoms with Crippen molar-refractivity contribution in [3.63, 3.8) is 0 Å². The van der Waals surface area contributed by atoms with Gasteiger partial charge in [-0.15, -0.1) is 0 Å². The number of carbonyl (C=O) groups is 1. The predicted octanol–water partition coefficient (Wildman–Crippen LogP) is 5.16. The summed E-state index contributed by atoms with van der Waals surface area (Å²) in [4.78, 5) is 27.0. The average Bonchev–Trinajstić information content (AvgIpc) is 2.90. The molecule has 0 unspecified atom stereocenters. The van der Waals surface area contributed by atoms with Crippen LogP contribution in [0.3, 0.4) is 0 Å². The highest BCUT2D eigenvalue weighted by Gasteiger charge is 2.22. The molecule has 0 spiro atoms. The van der Waals surface area contributed by atoms with Crippen molar-refractivity contribution in [3.05, 3.63) is 109 Å². The molecule has 0 bridgehead atoms. The maximum Gasteiger partial charge on any atom is 0.251 e. The first-order chi connectivity index (χ1) is 18.5. The van der Waals surface area contributed by atoms with Crippen molar-refractivity contribution in [2.24, 2.45) is 0 Å². The number of halogens is 2. The summed E-state index contributed by atoms with van der Waals surface area (Å²) in [5, 5.41) is 28.9. The number of fused-ring (bicyclic) bond motifs is 1. The van der Waals surface area contributed by atoms with Crippen LogP contribution in [0.2, 0.25) is 10.0 Å². The van der Waals surface area contributed by atoms with Crippen LogP contribution in [0.25, 0.3) is 10.9 Å². The molecule has 3 aromatic carbocycles. The molecular weight excluding hydrogens is 537 g/mol. The summed E-state index contributed by atoms with van der Waals surface area (Å²) in [6.07, 6.45) is 0.382. The standard InChI is InChI=1S/C30H31Cl2N3O4/c1-30(2,34-17-26(37)21-7-10-25(36)28-22(21)8-11-27(38)35-28)16-19-4-3-5-20(14-19)29(39)33-13-12-18-6-9-23(31)24(32)15-18/h3-11,14-15,26,34,36-37H,12-13,16-17H2,1-2H3,(H,33,39)(H,35,38)/t26-/m0/s1. The number of aromatic amines is 1. The molecule has 5 N–H and O–H groups in total. The summed E-state index contributed by atoms with van der Waals surface area (Å²) in [5.74, 6) is -0.208. The summed E-state index contributed by atoms with van der Waals surface area (Å²) >= 11 is 12.0. The third-order valence-corrected chi connectivity index (χ3v) is 7.30. The lowest BCUT2D eigenvalue weighted by molar-refractivity contribution is 0.0954. The minimum atomic E-state index is -0.870. The highest BCUT2D eigenvalue weighted by Crippen LogP contribution is 2.29. The van der Waals surface area contributed by atoms with E-state index in [0.29, 0.717) is 51.5 Å². The van der Waals surface area contributed by atoms with E-state index in [4.69, 9.17) is 23.2 Å². The quantitative estimate of drug-likeness (QED) is 0.181. The molecule has 9 heteroatoms. The van der Waals surface area contributed by atoms with Gasteiger partial charge < -0.3 is 25.8 Å². The van der Waals surface area contributed by atoms with Crippen LogP contribution in [0.5, 0.6) is 5.75 Å². The van der Waals surface area contributed by atoms with Gasteiger partial charge >= 0.3 is 0 Å². The van der Waals surface area contributed by atoms with Gasteiger partial charge in [-0.1, -0.05) is 47.5 Å². The number of pyridine rings is 1. The fourth-order valence-electron chi connectivity index (χ4n) is 4.55. The Balaban J connectivity index is 1.35. The Bertz CT molecular complexity index is 1550. The molecule has 4 rings (SSSR count). The topological polar surface area (TPSA) is 114 Å². The molecule has 0 aliphatic rings. The van der Waals surface area contributed by atoms with Crippen LogP contribution in [0.15, 0.2) is 71.5 Å². The molecule has 204 valence electrons. The molecule has 0 aliphatic carbocycles. The normalized spacial score (nSPS) is 12.4. The molecule has 7 nitrogen and oxygen atoms in total. The lowest BCUT2D eigenvalue weighted by Crippen LogP contribution is -2.43. The number of aliphatic hydroxyl groups is 1. The second-order valence-electron chi connectivity index (χ2n) is 10.2. The Morgan fingerprint density at radius 1 is 1.00 bits per heavy atom. The molecule has 0 radical (unpaired) electrons. The fraction of sp³-hybridized carbons (Fsp3) is 0.267. The summed E-state index contributed by atoms with van der Waals surface area (Å²) in [7, 11) is 0. The molecule has 0 saturated heterocycles. The number of carbonyl (C=O) groups excluding carboxylic acids is 1. The van der Waals surface area contributed by atoms with Crippen LogP contribution in [0.4, 0.5) is 0 Å². The van der Waals surface area contributed by atoms with Gasteiger partial charge in [-0.2, -0.15) is 0 Å². The van der Waals surface area contributed by atoms with E-state index in [1.165, 1.54) is 12.1 Å². The molecular formula is C30H31Cl2N3O4. The van der Waals surface area contributed by atoms with Gasteiger partial charge in [0.15, 0.2) is 0 Å². The van der Waals surface area contributed by atoms with Crippen LogP contribution in [0.1, 0.15) is 47.0 Å². The number of H-pyrrole nitrogens is 1. The highest BCUT2D eigenvalue weighted by molar-refractivity contribution is 6.42. The van der Waals surface area contributed by atoms with E-state index in [1.54, 1.807) is 30.3 Å². The molecule has 39 heavy (non-hydrogen) atoms. The second kappa shape index (κ2) is 12.2. The van der Waals surface area contributed by atoms with Gasteiger partial charge in [0.05, 0.1) is 21.7 Å². The lowest BCUT2D eigenvalue weighted by Gasteiger charge is -2.28. The molecule has 0 fully saturated rings. The SMILES string of the molecule is CC(C)(Cc1cccc(C(=O)NCCc2ccc(Cl)c(Cl)c2)c1)NC[C@H](O)c1ccc(O)c2[nH]c(=O)ccc12. The van der Waals surface area contributed by atoms with Crippen molar-refractivity contribution in [2.75, 3.05) is 13.1 Å². The monoisotopic (exact) mass is 567 g/mol. The number of phenolic OH excluding ortho intramolecular Hbond substituents is 1. The maximum absolute atomic E-state index is 12.8. The molecule has 0 saturated carbocycles. The first kappa shape index (κ1) is 28.6. The number of benzene rings is 3. The fourth-order valence-corrected chi connectivity index (χ4v) is 4.87. The first-order valence-corrected chi connectivity index (χ1v) is 13.4. The molecule has 4 aromatic rings. The van der Waals surface area contributed by atoms with Crippen molar-refractivity contribution in [2.45, 2.75) is 38.3 Å². The molecule has 1 atom stereocenters. The molecule has 1 aromatic heterocycles. The predicted molar refractivity (Wildman–Crippen MR) is 156 cm³/mol. The zero-order chi connectivity index (χ0) is 28.2. The van der Waals surface area contributed by atoms with E-state index < -0.39 is 11.6 Å². The van der Waals surface area contributed by atoms with E-state index in [0.717, 1.165) is 11.1 Å². The summed E-state index contributed by atoms with van der Waals surface area (Å²) in [6.45, 7) is 4.76. The Morgan fingerprint density at radius 2 is 1.79 bits per heavy atom. The Labute approximate surface area is 236 Å². The zero-order valence-corrected chi connectivity index (χ0v) is 23.2. The van der Waals surface area contributed by atoms with E-state index >= 15 is 0 Å². The van der Waals surface area contributed by atoms with E-state index in [-0.39, 0.29) is 23.8 Å². The number of aromatic nitrogens is 1. The largest absolute Gasteiger partial charge is 0.506 e. The van der Waals surface area contributed by atoms with Gasteiger partial charge in [-0.3, -0.25) is 9.59 Å². The molecule has 0 aliphatic heterocycles. The first-order valence-electron chi connectivity index (χ1n) is 12.6. The van der Waals surface area contributed by atoms with Crippen molar-refractivity contribution < 1.29 is 15.0 Å². The van der Waals surface area contributed by atoms with E-state index in [9.17, 15) is 19.8 Å². The minimum Gasteiger partial charge on any atom is -0.506 e. The maximum atomic E-state index is 12.8. The summed E-state index contributed by atoms with van der Waals surface area (Å²) in [5.41, 5.74) is 2.71. The van der Waals surface area contributed by atoms with Gasteiger partial charge in [-0.05, 0) is 79.8 Å². The summed E-state index contributed by atoms with van der Waals surface area (Å²) < 4.78 is 0. The van der Waals surface area contributed by atoms with Crippen LogP contribution in [0, 0.1) is 0 Å². The van der Waals surface area contributed by atoms with E-state index in [2.05, 4.69) is 15.6 Å². The number of hydrogen-bond donors (Lipinski definition) is 5. The van der Waals surface area contributed by atoms with E-state index in [1.807, 2.05) is 38.1 Å². The number of phenols is 1. The Morgan fingerprint density at radius 3 is 2.56 bits per heavy atom. The number of rotatable bonds is 10. The zero-order valence-electron chi connectivity index (χ0n) is 21.7. The number of hydrogen-bond acceptors (Lipinski definition) is 5. The van der Waals surface area contributed by atoms with Crippen LogP contribution >= 0.6 is 23.2 Å². The number of nitrogens with one attached hydrogen (secondary N) is 3. The highest BCUT2D eigenvalue weighted by atomic mass is 35.5. The number of aliphatic hydroxyl groups excluding tert-OH is 1. The van der Waals surface area contributed by atoms with Crippen molar-refractivity contribution in [1.29, 1.82) is 0 Å². The van der Waals surface area contributed by atoms with Gasteiger partial charge in [0.25, 0.3) is 5.91 Å². The van der Waals surface area contributed by atoms with Crippen molar-refractivity contribution >= 4 is 40.0 Å². The van der Waals surface area contributed by atoms with Crippen LogP contribution in [-0.4, -0.2) is 39.7 Å². The third kappa shape index (κ3) is 7.40. The average molecular weight is 569 g/mol. The number of amides is 1. The Hall–Kier alpha value is -3.36. The van der Waals surface area contributed by atoms with Crippen LogP contribution in [-0.2, 0) is 12.8 Å². The molecule has 1 amide bonds. The number of aromatic hydroxyl groups is 1. The Kier molecular flexibility index (Phi) is 8.97. The van der Waals surface area contributed by atoms with Gasteiger partial charge in [-0.25, -0.2) is 0 Å². The smallest absolute Gasteiger partial charge is 0.251 e. The summed E-state index contributed by atoms with van der Waals surface area (Å²) in [6, 6.07) is 19.0. The molecule has 1 heterocycles. The second-order valence-corrected chi connectivity index (χ2v) is 11.0. The number of β-amino-alcohol motifs (C(OH)–C–C–N with tert-alkyl or cyclic N) is 1. The van der Waals surface area contributed by atoms with Gasteiger partial charge in [0.2, 0.25) is 5.56 Å². The van der Waals surface area contributed by atoms with Gasteiger partial charge in [0, 0.05) is 35.6 Å². The minimum absolute atomic E-state index is 0.0507. The third-order valence-electron chi connectivity index (χ3n) is 6.56. The van der Waals surface area contributed by atoms with Crippen molar-refractivity contribution in [1.82, 2.24) is 15.6 Å².